The van der Waals surface area contributed by atoms with E-state index in [4.69, 9.17) is 25.8 Å². The van der Waals surface area contributed by atoms with Gasteiger partial charge in [-0.05, 0) is 35.4 Å². The number of ether oxygens (including phenoxy) is 3. The van der Waals surface area contributed by atoms with Crippen molar-refractivity contribution in [3.63, 3.8) is 0 Å². The summed E-state index contributed by atoms with van der Waals surface area (Å²) < 4.78 is 16.6. The molecule has 2 N–H and O–H groups in total. The van der Waals surface area contributed by atoms with Gasteiger partial charge >= 0.3 is 0 Å². The van der Waals surface area contributed by atoms with E-state index in [2.05, 4.69) is 10.2 Å². The van der Waals surface area contributed by atoms with Crippen molar-refractivity contribution in [2.24, 2.45) is 0 Å². The van der Waals surface area contributed by atoms with Crippen molar-refractivity contribution < 1.29 is 19.3 Å². The molecule has 1 atom stereocenters. The standard InChI is InChI=1S/C22H29ClN2O4/c1-27-22-12-18(14-24-13-17-2-5-19(23)6-3-17)4-7-21(22)29-16-20(26)15-25-8-10-28-11-9-25/h2-7,12,20,24,26H,8-11,13-16H2,1H3. The van der Waals surface area contributed by atoms with E-state index in [1.54, 1.807) is 7.11 Å². The maximum Gasteiger partial charge on any atom is 0.161 e. The number of morpholine rings is 1. The van der Waals surface area contributed by atoms with E-state index in [-0.39, 0.29) is 6.61 Å². The monoisotopic (exact) mass is 420 g/mol. The van der Waals surface area contributed by atoms with E-state index >= 15 is 0 Å². The maximum absolute atomic E-state index is 10.3. The number of halogens is 1. The number of benzene rings is 2. The van der Waals surface area contributed by atoms with Crippen LogP contribution in [0.5, 0.6) is 11.5 Å². The Morgan fingerprint density at radius 2 is 1.76 bits per heavy atom. The second-order valence-corrected chi connectivity index (χ2v) is 7.53. The summed E-state index contributed by atoms with van der Waals surface area (Å²) in [5, 5.41) is 14.4. The van der Waals surface area contributed by atoms with Crippen molar-refractivity contribution in [3.8, 4) is 11.5 Å². The highest BCUT2D eigenvalue weighted by atomic mass is 35.5. The van der Waals surface area contributed by atoms with Crippen LogP contribution < -0.4 is 14.8 Å². The van der Waals surface area contributed by atoms with Gasteiger partial charge in [0.05, 0.1) is 20.3 Å². The lowest BCUT2D eigenvalue weighted by molar-refractivity contribution is 0.00445. The Hall–Kier alpha value is -1.83. The summed E-state index contributed by atoms with van der Waals surface area (Å²) in [6, 6.07) is 13.6. The summed E-state index contributed by atoms with van der Waals surface area (Å²) in [5.74, 6) is 1.30. The molecule has 0 aromatic heterocycles. The van der Waals surface area contributed by atoms with Crippen molar-refractivity contribution in [2.75, 3.05) is 46.6 Å². The van der Waals surface area contributed by atoms with E-state index < -0.39 is 6.10 Å². The van der Waals surface area contributed by atoms with E-state index in [9.17, 15) is 5.11 Å². The lowest BCUT2D eigenvalue weighted by Crippen LogP contribution is -2.42. The van der Waals surface area contributed by atoms with Gasteiger partial charge < -0.3 is 24.6 Å². The molecule has 0 aliphatic carbocycles. The first-order valence-corrected chi connectivity index (χ1v) is 10.2. The molecule has 0 bridgehead atoms. The molecule has 0 spiro atoms. The first kappa shape index (κ1) is 21.9. The molecule has 3 rings (SSSR count). The van der Waals surface area contributed by atoms with Gasteiger partial charge in [0.1, 0.15) is 12.7 Å². The van der Waals surface area contributed by atoms with Crippen molar-refractivity contribution in [2.45, 2.75) is 19.2 Å². The summed E-state index contributed by atoms with van der Waals surface area (Å²) in [4.78, 5) is 2.18. The zero-order chi connectivity index (χ0) is 20.5. The van der Waals surface area contributed by atoms with Crippen LogP contribution in [0.4, 0.5) is 0 Å². The number of hydrogen-bond acceptors (Lipinski definition) is 6. The molecule has 1 fully saturated rings. The number of nitrogens with one attached hydrogen (secondary N) is 1. The SMILES string of the molecule is COc1cc(CNCc2ccc(Cl)cc2)ccc1OCC(O)CN1CCOCC1. The highest BCUT2D eigenvalue weighted by Crippen LogP contribution is 2.28. The zero-order valence-corrected chi connectivity index (χ0v) is 17.5. The Morgan fingerprint density at radius 3 is 2.48 bits per heavy atom. The third-order valence-electron chi connectivity index (χ3n) is 4.80. The van der Waals surface area contributed by atoms with Gasteiger partial charge in [-0.3, -0.25) is 4.90 Å². The number of hydrogen-bond donors (Lipinski definition) is 2. The third-order valence-corrected chi connectivity index (χ3v) is 5.06. The quantitative estimate of drug-likeness (QED) is 0.616. The molecule has 1 unspecified atom stereocenters. The second kappa shape index (κ2) is 11.4. The minimum atomic E-state index is -0.557. The molecule has 7 heteroatoms. The molecule has 29 heavy (non-hydrogen) atoms. The van der Waals surface area contributed by atoms with Crippen LogP contribution in [0.25, 0.3) is 0 Å². The average molecular weight is 421 g/mol. The molecule has 0 radical (unpaired) electrons. The molecule has 1 aliphatic heterocycles. The van der Waals surface area contributed by atoms with Crippen molar-refractivity contribution in [1.82, 2.24) is 10.2 Å². The van der Waals surface area contributed by atoms with Crippen LogP contribution in [0.2, 0.25) is 5.02 Å². The van der Waals surface area contributed by atoms with Crippen LogP contribution in [0.15, 0.2) is 42.5 Å². The van der Waals surface area contributed by atoms with E-state index in [1.165, 1.54) is 5.56 Å². The third kappa shape index (κ3) is 7.17. The predicted octanol–water partition coefficient (Wildman–Crippen LogP) is 2.71. The first-order chi connectivity index (χ1) is 14.1. The Labute approximate surface area is 177 Å². The molecule has 0 saturated carbocycles. The number of aliphatic hydroxyl groups excluding tert-OH is 1. The Bertz CT molecular complexity index is 751. The lowest BCUT2D eigenvalue weighted by Gasteiger charge is -2.28. The predicted molar refractivity (Wildman–Crippen MR) is 114 cm³/mol. The van der Waals surface area contributed by atoms with Crippen LogP contribution in [0, 0.1) is 0 Å². The number of rotatable bonds is 10. The van der Waals surface area contributed by atoms with Gasteiger partial charge in [-0.2, -0.15) is 0 Å². The normalized spacial score (nSPS) is 15.8. The average Bonchev–Trinajstić information content (AvgIpc) is 2.75. The summed E-state index contributed by atoms with van der Waals surface area (Å²) in [6.07, 6.45) is -0.557. The molecule has 158 valence electrons. The van der Waals surface area contributed by atoms with Crippen LogP contribution in [-0.4, -0.2) is 62.7 Å². The molecule has 1 saturated heterocycles. The number of β-amino-alcohol motifs (C(OH)–C–C–N with tert-alkyl or cyclic N) is 1. The Balaban J connectivity index is 1.46. The van der Waals surface area contributed by atoms with E-state index in [1.807, 2.05) is 42.5 Å². The fourth-order valence-corrected chi connectivity index (χ4v) is 3.34. The molecule has 1 heterocycles. The minimum Gasteiger partial charge on any atom is -0.493 e. The van der Waals surface area contributed by atoms with E-state index in [0.29, 0.717) is 24.6 Å². The van der Waals surface area contributed by atoms with Crippen molar-refractivity contribution >= 4 is 11.6 Å². The van der Waals surface area contributed by atoms with Gasteiger partial charge in [0.2, 0.25) is 0 Å². The van der Waals surface area contributed by atoms with Crippen LogP contribution in [-0.2, 0) is 17.8 Å². The van der Waals surface area contributed by atoms with Gasteiger partial charge in [0.15, 0.2) is 11.5 Å². The Morgan fingerprint density at radius 1 is 1.07 bits per heavy atom. The summed E-state index contributed by atoms with van der Waals surface area (Å²) in [6.45, 7) is 5.39. The van der Waals surface area contributed by atoms with Gasteiger partial charge in [-0.25, -0.2) is 0 Å². The molecule has 2 aromatic carbocycles. The fraction of sp³-hybridized carbons (Fsp3) is 0.455. The molecule has 1 aliphatic rings. The zero-order valence-electron chi connectivity index (χ0n) is 16.8. The van der Waals surface area contributed by atoms with E-state index in [0.717, 1.165) is 43.4 Å². The lowest BCUT2D eigenvalue weighted by atomic mass is 10.2. The molecule has 2 aromatic rings. The van der Waals surface area contributed by atoms with Gasteiger partial charge in [-0.15, -0.1) is 0 Å². The Kier molecular flexibility index (Phi) is 8.58. The largest absolute Gasteiger partial charge is 0.493 e. The maximum atomic E-state index is 10.3. The van der Waals surface area contributed by atoms with Gasteiger partial charge in [0, 0.05) is 37.7 Å². The highest BCUT2D eigenvalue weighted by molar-refractivity contribution is 6.30. The van der Waals surface area contributed by atoms with Crippen LogP contribution in [0.3, 0.4) is 0 Å². The summed E-state index contributed by atoms with van der Waals surface area (Å²) in [7, 11) is 1.62. The van der Waals surface area contributed by atoms with Crippen molar-refractivity contribution in [1.29, 1.82) is 0 Å². The first-order valence-electron chi connectivity index (χ1n) is 9.87. The number of aliphatic hydroxyl groups is 1. The number of methoxy groups -OCH3 is 1. The topological polar surface area (TPSA) is 63.2 Å². The van der Waals surface area contributed by atoms with Gasteiger partial charge in [0.25, 0.3) is 0 Å². The van der Waals surface area contributed by atoms with Crippen molar-refractivity contribution in [3.05, 3.63) is 58.6 Å². The molecule has 6 nitrogen and oxygen atoms in total. The molecular formula is C22H29ClN2O4. The fourth-order valence-electron chi connectivity index (χ4n) is 3.22. The smallest absolute Gasteiger partial charge is 0.161 e. The molecule has 0 amide bonds. The summed E-state index contributed by atoms with van der Waals surface area (Å²) in [5.41, 5.74) is 2.27. The van der Waals surface area contributed by atoms with Gasteiger partial charge in [-0.1, -0.05) is 29.8 Å². The second-order valence-electron chi connectivity index (χ2n) is 7.09. The summed E-state index contributed by atoms with van der Waals surface area (Å²) >= 11 is 5.91. The van der Waals surface area contributed by atoms with Crippen LogP contribution in [0.1, 0.15) is 11.1 Å². The highest BCUT2D eigenvalue weighted by Gasteiger charge is 2.16. The molecular weight excluding hydrogens is 392 g/mol. The van der Waals surface area contributed by atoms with Crippen LogP contribution >= 0.6 is 11.6 Å². The minimum absolute atomic E-state index is 0.224. The number of nitrogens with zero attached hydrogens (tertiary/aromatic N) is 1.